The van der Waals surface area contributed by atoms with Crippen LogP contribution in [0.3, 0.4) is 0 Å². The number of nitrogens with one attached hydrogen (secondary N) is 1. The SMILES string of the molecule is CCCCNCC(C)(F)C(=O)N(Cc1ccc(-c2nnc(C(F)F)o2)cn1)c1cccc(F)c1. The number of halogens is 4. The van der Waals surface area contributed by atoms with Gasteiger partial charge in [0.1, 0.15) is 5.82 Å². The van der Waals surface area contributed by atoms with E-state index in [1.165, 1.54) is 43.5 Å². The largest absolute Gasteiger partial charge is 0.415 e. The highest BCUT2D eigenvalue weighted by atomic mass is 19.3. The van der Waals surface area contributed by atoms with Gasteiger partial charge in [-0.1, -0.05) is 19.4 Å². The van der Waals surface area contributed by atoms with Crippen LogP contribution in [0.15, 0.2) is 47.0 Å². The zero-order chi connectivity index (χ0) is 24.7. The number of anilines is 1. The number of pyridine rings is 1. The Bertz CT molecular complexity index is 1090. The molecular weight excluding hydrogens is 454 g/mol. The molecule has 7 nitrogen and oxygen atoms in total. The standard InChI is InChI=1S/C23H25F4N5O2/c1-3-4-10-28-14-23(2,27)22(33)32(18-7-5-6-16(24)11-18)13-17-9-8-15(12-29-17)20-30-31-21(34-20)19(25)26/h5-9,11-12,19,28H,3-4,10,13-14H2,1-2H3. The van der Waals surface area contributed by atoms with Crippen molar-refractivity contribution in [3.8, 4) is 11.5 Å². The Kier molecular flexibility index (Phi) is 8.32. The van der Waals surface area contributed by atoms with Crippen LogP contribution in [0.4, 0.5) is 23.2 Å². The van der Waals surface area contributed by atoms with Gasteiger partial charge in [-0.3, -0.25) is 9.78 Å². The number of unbranched alkanes of at least 4 members (excludes halogenated alkanes) is 1. The lowest BCUT2D eigenvalue weighted by Gasteiger charge is -2.29. The molecule has 11 heteroatoms. The minimum absolute atomic E-state index is 0.137. The van der Waals surface area contributed by atoms with Gasteiger partial charge in [-0.05, 0) is 50.2 Å². The van der Waals surface area contributed by atoms with Gasteiger partial charge in [0.2, 0.25) is 5.89 Å². The maximum absolute atomic E-state index is 15.3. The number of benzene rings is 1. The van der Waals surface area contributed by atoms with Gasteiger partial charge in [0.05, 0.1) is 17.8 Å². The number of carbonyl (C=O) groups is 1. The third-order valence-corrected chi connectivity index (χ3v) is 4.99. The summed E-state index contributed by atoms with van der Waals surface area (Å²) in [5, 5.41) is 9.76. The molecule has 1 amide bonds. The lowest BCUT2D eigenvalue weighted by atomic mass is 10.1. The van der Waals surface area contributed by atoms with E-state index < -0.39 is 29.7 Å². The summed E-state index contributed by atoms with van der Waals surface area (Å²) in [4.78, 5) is 18.5. The average Bonchev–Trinajstić information content (AvgIpc) is 3.31. The van der Waals surface area contributed by atoms with E-state index in [2.05, 4.69) is 20.5 Å². The molecule has 2 heterocycles. The van der Waals surface area contributed by atoms with Gasteiger partial charge in [0, 0.05) is 18.4 Å². The van der Waals surface area contributed by atoms with E-state index in [0.717, 1.165) is 23.8 Å². The van der Waals surface area contributed by atoms with E-state index in [-0.39, 0.29) is 24.7 Å². The number of hydrogen-bond donors (Lipinski definition) is 1. The molecule has 0 bridgehead atoms. The fourth-order valence-electron chi connectivity index (χ4n) is 3.15. The van der Waals surface area contributed by atoms with Crippen molar-refractivity contribution in [1.82, 2.24) is 20.5 Å². The molecule has 1 aromatic carbocycles. The third-order valence-electron chi connectivity index (χ3n) is 4.99. The number of alkyl halides is 3. The Hall–Kier alpha value is -3.34. The predicted molar refractivity (Wildman–Crippen MR) is 117 cm³/mol. The van der Waals surface area contributed by atoms with Crippen molar-refractivity contribution in [3.05, 3.63) is 60.0 Å². The van der Waals surface area contributed by atoms with Crippen molar-refractivity contribution >= 4 is 11.6 Å². The highest BCUT2D eigenvalue weighted by Crippen LogP contribution is 2.26. The molecule has 0 radical (unpaired) electrons. The molecule has 0 saturated heterocycles. The first kappa shape index (κ1) is 25.3. The van der Waals surface area contributed by atoms with Gasteiger partial charge in [0.15, 0.2) is 5.67 Å². The Morgan fingerprint density at radius 2 is 2.03 bits per heavy atom. The molecular formula is C23H25F4N5O2. The highest BCUT2D eigenvalue weighted by molar-refractivity contribution is 5.99. The Balaban J connectivity index is 1.82. The second kappa shape index (κ2) is 11.2. The smallest absolute Gasteiger partial charge is 0.314 e. The highest BCUT2D eigenvalue weighted by Gasteiger charge is 2.37. The summed E-state index contributed by atoms with van der Waals surface area (Å²) in [5.74, 6) is -2.38. The molecule has 1 N–H and O–H groups in total. The zero-order valence-electron chi connectivity index (χ0n) is 18.8. The topological polar surface area (TPSA) is 84.2 Å². The summed E-state index contributed by atoms with van der Waals surface area (Å²) in [6.07, 6.45) is 0.180. The Morgan fingerprint density at radius 1 is 1.24 bits per heavy atom. The van der Waals surface area contributed by atoms with Crippen molar-refractivity contribution < 1.29 is 26.8 Å². The number of carbonyl (C=O) groups excluding carboxylic acids is 1. The number of rotatable bonds is 11. The minimum atomic E-state index is -2.90. The first-order valence-electron chi connectivity index (χ1n) is 10.7. The summed E-state index contributed by atoms with van der Waals surface area (Å²) in [6, 6.07) is 8.29. The second-order valence-electron chi connectivity index (χ2n) is 7.88. The van der Waals surface area contributed by atoms with Crippen molar-refractivity contribution in [2.75, 3.05) is 18.0 Å². The predicted octanol–water partition coefficient (Wildman–Crippen LogP) is 4.86. The lowest BCUT2D eigenvalue weighted by Crippen LogP contribution is -2.50. The molecule has 3 aromatic rings. The molecule has 1 atom stereocenters. The summed E-state index contributed by atoms with van der Waals surface area (Å²) in [7, 11) is 0. The van der Waals surface area contributed by atoms with Crippen LogP contribution in [0.5, 0.6) is 0 Å². The van der Waals surface area contributed by atoms with Crippen molar-refractivity contribution in [2.24, 2.45) is 0 Å². The fraction of sp³-hybridized carbons (Fsp3) is 0.391. The van der Waals surface area contributed by atoms with Crippen LogP contribution in [-0.2, 0) is 11.3 Å². The van der Waals surface area contributed by atoms with Crippen LogP contribution >= 0.6 is 0 Å². The monoisotopic (exact) mass is 479 g/mol. The summed E-state index contributed by atoms with van der Waals surface area (Å²) in [5.41, 5.74) is -1.44. The number of nitrogens with zero attached hydrogens (tertiary/aromatic N) is 4. The lowest BCUT2D eigenvalue weighted by molar-refractivity contribution is -0.129. The summed E-state index contributed by atoms with van der Waals surface area (Å²) < 4.78 is 59.5. The van der Waals surface area contributed by atoms with Crippen LogP contribution in [0.1, 0.15) is 44.7 Å². The molecule has 2 aromatic heterocycles. The summed E-state index contributed by atoms with van der Waals surface area (Å²) >= 11 is 0. The average molecular weight is 479 g/mol. The molecule has 182 valence electrons. The van der Waals surface area contributed by atoms with Gasteiger partial charge >= 0.3 is 6.43 Å². The normalized spacial score (nSPS) is 13.1. The molecule has 1 unspecified atom stereocenters. The van der Waals surface area contributed by atoms with E-state index >= 15 is 4.39 Å². The van der Waals surface area contributed by atoms with Gasteiger partial charge in [-0.15, -0.1) is 10.2 Å². The van der Waals surface area contributed by atoms with Gasteiger partial charge in [-0.25, -0.2) is 8.78 Å². The van der Waals surface area contributed by atoms with E-state index in [1.807, 2.05) is 6.92 Å². The quantitative estimate of drug-likeness (QED) is 0.312. The maximum Gasteiger partial charge on any atom is 0.314 e. The fourth-order valence-corrected chi connectivity index (χ4v) is 3.15. The maximum atomic E-state index is 15.3. The Labute approximate surface area is 194 Å². The summed E-state index contributed by atoms with van der Waals surface area (Å²) in [6.45, 7) is 3.39. The van der Waals surface area contributed by atoms with Crippen LogP contribution < -0.4 is 10.2 Å². The van der Waals surface area contributed by atoms with E-state index in [0.29, 0.717) is 17.8 Å². The molecule has 0 fully saturated rings. The van der Waals surface area contributed by atoms with Crippen LogP contribution in [0.2, 0.25) is 0 Å². The number of amides is 1. The van der Waals surface area contributed by atoms with Crippen molar-refractivity contribution in [2.45, 2.75) is 45.3 Å². The van der Waals surface area contributed by atoms with Gasteiger partial charge in [0.25, 0.3) is 11.8 Å². The molecule has 0 aliphatic carbocycles. The first-order valence-corrected chi connectivity index (χ1v) is 10.7. The minimum Gasteiger partial charge on any atom is -0.415 e. The van der Waals surface area contributed by atoms with Crippen molar-refractivity contribution in [3.63, 3.8) is 0 Å². The molecule has 34 heavy (non-hydrogen) atoms. The number of aromatic nitrogens is 3. The molecule has 0 spiro atoms. The molecule has 3 rings (SSSR count). The Morgan fingerprint density at radius 3 is 2.65 bits per heavy atom. The van der Waals surface area contributed by atoms with E-state index in [4.69, 9.17) is 4.42 Å². The van der Waals surface area contributed by atoms with Crippen LogP contribution in [0, 0.1) is 5.82 Å². The molecule has 0 aliphatic rings. The first-order chi connectivity index (χ1) is 16.2. The number of hydrogen-bond acceptors (Lipinski definition) is 6. The third kappa shape index (κ3) is 6.37. The second-order valence-corrected chi connectivity index (χ2v) is 7.88. The van der Waals surface area contributed by atoms with Crippen LogP contribution in [0.25, 0.3) is 11.5 Å². The zero-order valence-corrected chi connectivity index (χ0v) is 18.8. The van der Waals surface area contributed by atoms with Crippen molar-refractivity contribution in [1.29, 1.82) is 0 Å². The van der Waals surface area contributed by atoms with Gasteiger partial charge < -0.3 is 14.6 Å². The van der Waals surface area contributed by atoms with E-state index in [1.54, 1.807) is 0 Å². The van der Waals surface area contributed by atoms with E-state index in [9.17, 15) is 18.0 Å². The van der Waals surface area contributed by atoms with Gasteiger partial charge in [-0.2, -0.15) is 8.78 Å². The molecule has 0 aliphatic heterocycles. The molecule has 0 saturated carbocycles. The van der Waals surface area contributed by atoms with Crippen LogP contribution in [-0.4, -0.2) is 39.8 Å².